The minimum absolute atomic E-state index is 0.000681. The van der Waals surface area contributed by atoms with E-state index in [-0.39, 0.29) is 16.3 Å². The van der Waals surface area contributed by atoms with E-state index in [1.54, 1.807) is 6.92 Å². The maximum Gasteiger partial charge on any atom is 0.272 e. The first-order valence-electron chi connectivity index (χ1n) is 6.33. The fourth-order valence-electron chi connectivity index (χ4n) is 1.74. The number of benzene rings is 2. The molecule has 2 rings (SSSR count). The van der Waals surface area contributed by atoms with Crippen molar-refractivity contribution in [3.63, 3.8) is 0 Å². The Morgan fingerprint density at radius 3 is 2.50 bits per heavy atom. The van der Waals surface area contributed by atoms with E-state index in [1.807, 2.05) is 30.3 Å². The van der Waals surface area contributed by atoms with Gasteiger partial charge in [0, 0.05) is 12.1 Å². The molecule has 0 bridgehead atoms. The van der Waals surface area contributed by atoms with Gasteiger partial charge in [0.2, 0.25) is 0 Å². The van der Waals surface area contributed by atoms with Crippen LogP contribution in [-0.4, -0.2) is 16.5 Å². The lowest BCUT2D eigenvalue weighted by molar-refractivity contribution is -0.384. The molecule has 0 aliphatic heterocycles. The lowest BCUT2D eigenvalue weighted by Crippen LogP contribution is -2.19. The molecule has 0 aromatic heterocycles. The summed E-state index contributed by atoms with van der Waals surface area (Å²) >= 11 is 5.89. The largest absolute Gasteiger partial charge is 0.272 e. The molecule has 0 fully saturated rings. The van der Waals surface area contributed by atoms with Crippen LogP contribution in [0.5, 0.6) is 0 Å². The van der Waals surface area contributed by atoms with Crippen molar-refractivity contribution in [1.29, 1.82) is 0 Å². The molecule has 1 amide bonds. The molecule has 6 nitrogen and oxygen atoms in total. The molecule has 0 heterocycles. The van der Waals surface area contributed by atoms with Crippen LogP contribution in [0.3, 0.4) is 0 Å². The van der Waals surface area contributed by atoms with Crippen LogP contribution in [0.4, 0.5) is 5.69 Å². The number of nitro benzene ring substituents is 1. The lowest BCUT2D eigenvalue weighted by atomic mass is 10.1. The zero-order chi connectivity index (χ0) is 16.1. The van der Waals surface area contributed by atoms with Crippen LogP contribution in [0.2, 0.25) is 5.02 Å². The van der Waals surface area contributed by atoms with Gasteiger partial charge in [-0.2, -0.15) is 5.10 Å². The van der Waals surface area contributed by atoms with E-state index in [0.717, 1.165) is 11.6 Å². The van der Waals surface area contributed by atoms with E-state index in [9.17, 15) is 14.9 Å². The highest BCUT2D eigenvalue weighted by Crippen LogP contribution is 2.22. The zero-order valence-electron chi connectivity index (χ0n) is 11.6. The summed E-state index contributed by atoms with van der Waals surface area (Å²) in [6.07, 6.45) is 0. The average molecular weight is 318 g/mol. The van der Waals surface area contributed by atoms with E-state index in [1.165, 1.54) is 12.1 Å². The highest BCUT2D eigenvalue weighted by atomic mass is 35.5. The van der Waals surface area contributed by atoms with Crippen molar-refractivity contribution in [1.82, 2.24) is 5.43 Å². The number of hydrogen-bond donors (Lipinski definition) is 1. The van der Waals surface area contributed by atoms with E-state index in [0.29, 0.717) is 5.71 Å². The van der Waals surface area contributed by atoms with Gasteiger partial charge in [0.1, 0.15) is 0 Å². The van der Waals surface area contributed by atoms with Gasteiger partial charge in [-0.05, 0) is 18.6 Å². The highest BCUT2D eigenvalue weighted by molar-refractivity contribution is 6.34. The van der Waals surface area contributed by atoms with E-state index in [4.69, 9.17) is 11.6 Å². The van der Waals surface area contributed by atoms with Crippen molar-refractivity contribution in [3.8, 4) is 0 Å². The van der Waals surface area contributed by atoms with Crippen LogP contribution in [0.1, 0.15) is 22.8 Å². The SMILES string of the molecule is C/C(=N/NC(=O)c1ccc([N+](=O)[O-])cc1Cl)c1ccccc1. The summed E-state index contributed by atoms with van der Waals surface area (Å²) in [5.74, 6) is -0.532. The minimum atomic E-state index is -0.578. The molecule has 7 heteroatoms. The number of hydrazone groups is 1. The molecule has 0 aliphatic carbocycles. The van der Waals surface area contributed by atoms with E-state index in [2.05, 4.69) is 10.5 Å². The van der Waals surface area contributed by atoms with Crippen LogP contribution >= 0.6 is 11.6 Å². The summed E-state index contributed by atoms with van der Waals surface area (Å²) in [4.78, 5) is 22.1. The van der Waals surface area contributed by atoms with E-state index >= 15 is 0 Å². The van der Waals surface area contributed by atoms with Gasteiger partial charge in [-0.15, -0.1) is 0 Å². The first kappa shape index (κ1) is 15.7. The number of non-ortho nitro benzene ring substituents is 1. The molecule has 2 aromatic rings. The fourth-order valence-corrected chi connectivity index (χ4v) is 2.00. The Morgan fingerprint density at radius 2 is 1.91 bits per heavy atom. The lowest BCUT2D eigenvalue weighted by Gasteiger charge is -2.04. The number of carbonyl (C=O) groups is 1. The maximum atomic E-state index is 12.0. The highest BCUT2D eigenvalue weighted by Gasteiger charge is 2.14. The van der Waals surface area contributed by atoms with Crippen LogP contribution in [0.25, 0.3) is 0 Å². The van der Waals surface area contributed by atoms with Crippen molar-refractivity contribution < 1.29 is 9.72 Å². The molecular weight excluding hydrogens is 306 g/mol. The molecule has 0 unspecified atom stereocenters. The summed E-state index contributed by atoms with van der Waals surface area (Å²) in [6.45, 7) is 1.76. The fraction of sp³-hybridized carbons (Fsp3) is 0.0667. The summed E-state index contributed by atoms with van der Waals surface area (Å²) in [5, 5.41) is 14.6. The van der Waals surface area contributed by atoms with E-state index < -0.39 is 10.8 Å². The van der Waals surface area contributed by atoms with Crippen molar-refractivity contribution in [2.75, 3.05) is 0 Å². The Labute approximate surface area is 131 Å². The number of amides is 1. The maximum absolute atomic E-state index is 12.0. The second-order valence-corrected chi connectivity index (χ2v) is 4.83. The number of carbonyl (C=O) groups excluding carboxylic acids is 1. The summed E-state index contributed by atoms with van der Waals surface area (Å²) in [6, 6.07) is 13.0. The normalized spacial score (nSPS) is 11.1. The van der Waals surface area contributed by atoms with Crippen molar-refractivity contribution in [2.24, 2.45) is 5.10 Å². The molecule has 0 saturated carbocycles. The first-order valence-corrected chi connectivity index (χ1v) is 6.71. The molecule has 0 atom stereocenters. The second-order valence-electron chi connectivity index (χ2n) is 4.43. The molecule has 0 aliphatic rings. The Balaban J connectivity index is 2.14. The molecule has 0 radical (unpaired) electrons. The number of nitrogens with one attached hydrogen (secondary N) is 1. The predicted octanol–water partition coefficient (Wildman–Crippen LogP) is 3.40. The number of nitro groups is 1. The minimum Gasteiger partial charge on any atom is -0.267 e. The van der Waals surface area contributed by atoms with Gasteiger partial charge in [-0.1, -0.05) is 41.9 Å². The van der Waals surface area contributed by atoms with Gasteiger partial charge < -0.3 is 0 Å². The van der Waals surface area contributed by atoms with Crippen molar-refractivity contribution in [3.05, 3.63) is 74.8 Å². The predicted molar refractivity (Wildman–Crippen MR) is 84.2 cm³/mol. The summed E-state index contributed by atoms with van der Waals surface area (Å²) in [7, 11) is 0. The van der Waals surface area contributed by atoms with Crippen LogP contribution in [0, 0.1) is 10.1 Å². The van der Waals surface area contributed by atoms with Gasteiger partial charge in [-0.3, -0.25) is 14.9 Å². The van der Waals surface area contributed by atoms with Gasteiger partial charge in [-0.25, -0.2) is 5.43 Å². The van der Waals surface area contributed by atoms with Crippen molar-refractivity contribution >= 4 is 28.9 Å². The third kappa shape index (κ3) is 3.67. The standard InChI is InChI=1S/C15H12ClN3O3/c1-10(11-5-3-2-4-6-11)17-18-15(20)13-8-7-12(19(21)22)9-14(13)16/h2-9H,1H3,(H,18,20)/b17-10-. The monoisotopic (exact) mass is 317 g/mol. The summed E-state index contributed by atoms with van der Waals surface area (Å²) in [5.41, 5.74) is 3.83. The Morgan fingerprint density at radius 1 is 1.23 bits per heavy atom. The number of hydrogen-bond acceptors (Lipinski definition) is 4. The first-order chi connectivity index (χ1) is 10.5. The third-order valence-corrected chi connectivity index (χ3v) is 3.24. The summed E-state index contributed by atoms with van der Waals surface area (Å²) < 4.78 is 0. The molecule has 1 N–H and O–H groups in total. The number of nitrogens with zero attached hydrogens (tertiary/aromatic N) is 2. The Kier molecular flexibility index (Phi) is 4.85. The van der Waals surface area contributed by atoms with Gasteiger partial charge >= 0.3 is 0 Å². The second kappa shape index (κ2) is 6.82. The van der Waals surface area contributed by atoms with Crippen LogP contribution < -0.4 is 5.43 Å². The molecule has 112 valence electrons. The van der Waals surface area contributed by atoms with Gasteiger partial charge in [0.25, 0.3) is 11.6 Å². The van der Waals surface area contributed by atoms with Gasteiger partial charge in [0.05, 0.1) is 21.2 Å². The molecule has 0 saturated heterocycles. The van der Waals surface area contributed by atoms with Crippen LogP contribution in [0.15, 0.2) is 53.6 Å². The van der Waals surface area contributed by atoms with Gasteiger partial charge in [0.15, 0.2) is 0 Å². The molecule has 22 heavy (non-hydrogen) atoms. The quantitative estimate of drug-likeness (QED) is 0.533. The molecule has 2 aromatic carbocycles. The van der Waals surface area contributed by atoms with Crippen molar-refractivity contribution in [2.45, 2.75) is 6.92 Å². The number of halogens is 1. The smallest absolute Gasteiger partial charge is 0.267 e. The zero-order valence-corrected chi connectivity index (χ0v) is 12.4. The Bertz CT molecular complexity index is 745. The van der Waals surface area contributed by atoms with Crippen LogP contribution in [-0.2, 0) is 0 Å². The Hall–Kier alpha value is -2.73. The molecule has 0 spiro atoms. The number of rotatable bonds is 4. The average Bonchev–Trinajstić information content (AvgIpc) is 2.52. The molecular formula is C15H12ClN3O3. The topological polar surface area (TPSA) is 84.6 Å². The third-order valence-electron chi connectivity index (χ3n) is 2.92.